The molecule has 1 atom stereocenters. The second-order valence-corrected chi connectivity index (χ2v) is 7.78. The minimum absolute atomic E-state index is 0.203. The van der Waals surface area contributed by atoms with E-state index >= 15 is 0 Å². The monoisotopic (exact) mass is 419 g/mol. The van der Waals surface area contributed by atoms with E-state index in [1.54, 1.807) is 28.9 Å². The Morgan fingerprint density at radius 2 is 1.73 bits per heavy atom. The van der Waals surface area contributed by atoms with Gasteiger partial charge in [0.15, 0.2) is 11.5 Å². The van der Waals surface area contributed by atoms with Crippen LogP contribution in [0.3, 0.4) is 0 Å². The lowest BCUT2D eigenvalue weighted by molar-refractivity contribution is -0.118. The Morgan fingerprint density at radius 3 is 2.50 bits per heavy atom. The third-order valence-electron chi connectivity index (χ3n) is 5.40. The van der Waals surface area contributed by atoms with Gasteiger partial charge in [0.1, 0.15) is 11.8 Å². The van der Waals surface area contributed by atoms with Crippen LogP contribution in [0.2, 0.25) is 5.02 Å². The largest absolute Gasteiger partial charge is 0.342 e. The number of Topliss-reactive ketones (excluding diaryl/α,β-unsaturated/α-hetero) is 1. The molecule has 2 heterocycles. The number of anilines is 1. The Labute approximate surface area is 177 Å². The number of rotatable bonds is 3. The number of benzene rings is 2. The molecule has 2 aliphatic rings. The topological polar surface area (TPSA) is 91.6 Å². The normalized spacial score (nSPS) is 18.3. The first-order valence-corrected chi connectivity index (χ1v) is 10.1. The highest BCUT2D eigenvalue weighted by atomic mass is 35.5. The summed E-state index contributed by atoms with van der Waals surface area (Å²) in [6, 6.07) is 16.5. The molecule has 30 heavy (non-hydrogen) atoms. The molecule has 5 rings (SSSR count). The highest BCUT2D eigenvalue weighted by Crippen LogP contribution is 2.43. The molecule has 0 bridgehead atoms. The van der Waals surface area contributed by atoms with Crippen LogP contribution < -0.4 is 10.9 Å². The first kappa shape index (κ1) is 18.6. The Balaban J connectivity index is 1.61. The van der Waals surface area contributed by atoms with Gasteiger partial charge < -0.3 is 5.32 Å². The summed E-state index contributed by atoms with van der Waals surface area (Å²) in [6.07, 6.45) is 1.47. The maximum absolute atomic E-state index is 12.8. The van der Waals surface area contributed by atoms with Crippen molar-refractivity contribution in [2.45, 2.75) is 25.3 Å². The molecule has 0 spiro atoms. The lowest BCUT2D eigenvalue weighted by Gasteiger charge is -2.34. The Morgan fingerprint density at radius 1 is 0.967 bits per heavy atom. The van der Waals surface area contributed by atoms with Crippen molar-refractivity contribution < 1.29 is 4.79 Å². The lowest BCUT2D eigenvalue weighted by atomic mass is 9.86. The summed E-state index contributed by atoms with van der Waals surface area (Å²) in [5.41, 5.74) is 3.41. The molecule has 8 heteroatoms. The summed E-state index contributed by atoms with van der Waals surface area (Å²) in [6.45, 7) is 0. The molecule has 0 saturated carbocycles. The summed E-state index contributed by atoms with van der Waals surface area (Å²) >= 11 is 5.91. The molecule has 0 amide bonds. The van der Waals surface area contributed by atoms with Crippen LogP contribution in [-0.2, 0) is 4.79 Å². The van der Waals surface area contributed by atoms with Gasteiger partial charge in [0.2, 0.25) is 0 Å². The average Bonchev–Trinajstić information content (AvgIpc) is 3.07. The number of aromatic amines is 1. The maximum atomic E-state index is 12.8. The molecule has 0 fully saturated rings. The Bertz CT molecular complexity index is 1240. The molecular formula is C22H18ClN5O2. The molecule has 0 radical (unpaired) electrons. The number of nitrogens with zero attached hydrogens (tertiary/aromatic N) is 3. The van der Waals surface area contributed by atoms with Crippen LogP contribution in [0.5, 0.6) is 0 Å². The van der Waals surface area contributed by atoms with E-state index in [9.17, 15) is 9.59 Å². The van der Waals surface area contributed by atoms with Gasteiger partial charge in [-0.2, -0.15) is 5.11 Å². The van der Waals surface area contributed by atoms with Gasteiger partial charge in [-0.05, 0) is 41.8 Å². The zero-order valence-corrected chi connectivity index (χ0v) is 16.7. The SMILES string of the molecule is O=C1CCC2=C(C1)C(c1ccccc1)n1[nH]c(=O)c(N=Nc3ccc(Cl)cc3)c1N2. The standard InChI is InChI=1S/C22H18ClN5O2/c23-14-6-8-15(9-7-14)25-26-19-21-24-18-11-10-16(29)12-17(18)20(28(21)27-22(19)30)13-4-2-1-3-5-13/h1-9,20,24H,10-12H2,(H,27,30). The van der Waals surface area contributed by atoms with Crippen molar-refractivity contribution in [3.8, 4) is 0 Å². The highest BCUT2D eigenvalue weighted by Gasteiger charge is 2.35. The van der Waals surface area contributed by atoms with E-state index in [0.29, 0.717) is 35.8 Å². The van der Waals surface area contributed by atoms with E-state index in [1.807, 2.05) is 30.3 Å². The number of aromatic nitrogens is 2. The van der Waals surface area contributed by atoms with Crippen LogP contribution >= 0.6 is 11.6 Å². The van der Waals surface area contributed by atoms with Crippen LogP contribution in [-0.4, -0.2) is 15.6 Å². The van der Waals surface area contributed by atoms with Gasteiger partial charge >= 0.3 is 0 Å². The van der Waals surface area contributed by atoms with E-state index in [1.165, 1.54) is 0 Å². The second kappa shape index (κ2) is 7.42. The summed E-state index contributed by atoms with van der Waals surface area (Å²) in [5, 5.41) is 15.2. The Kier molecular flexibility index (Phi) is 4.59. The first-order chi connectivity index (χ1) is 14.6. The van der Waals surface area contributed by atoms with Crippen molar-refractivity contribution in [3.63, 3.8) is 0 Å². The van der Waals surface area contributed by atoms with Crippen molar-refractivity contribution in [3.05, 3.63) is 86.8 Å². The lowest BCUT2D eigenvalue weighted by Crippen LogP contribution is -2.29. The summed E-state index contributed by atoms with van der Waals surface area (Å²) in [4.78, 5) is 24.9. The molecule has 3 aromatic rings. The molecule has 1 aromatic heterocycles. The van der Waals surface area contributed by atoms with Gasteiger partial charge in [-0.1, -0.05) is 41.9 Å². The number of fused-ring (bicyclic) bond motifs is 1. The zero-order valence-electron chi connectivity index (χ0n) is 15.9. The fraction of sp³-hybridized carbons (Fsp3) is 0.182. The van der Waals surface area contributed by atoms with Crippen molar-refractivity contribution in [2.75, 3.05) is 5.32 Å². The minimum atomic E-state index is -0.345. The summed E-state index contributed by atoms with van der Waals surface area (Å²) in [7, 11) is 0. The maximum Gasteiger partial charge on any atom is 0.294 e. The molecule has 1 unspecified atom stereocenters. The fourth-order valence-electron chi connectivity index (χ4n) is 3.98. The number of hydrogen-bond donors (Lipinski definition) is 2. The van der Waals surface area contributed by atoms with Gasteiger partial charge in [-0.15, -0.1) is 5.11 Å². The first-order valence-electron chi connectivity index (χ1n) is 9.67. The third-order valence-corrected chi connectivity index (χ3v) is 5.65. The van der Waals surface area contributed by atoms with Crippen LogP contribution in [0.4, 0.5) is 17.2 Å². The van der Waals surface area contributed by atoms with E-state index in [-0.39, 0.29) is 23.1 Å². The molecule has 2 N–H and O–H groups in total. The Hall–Kier alpha value is -3.45. The highest BCUT2D eigenvalue weighted by molar-refractivity contribution is 6.30. The quantitative estimate of drug-likeness (QED) is 0.566. The minimum Gasteiger partial charge on any atom is -0.342 e. The molecule has 1 aliphatic heterocycles. The van der Waals surface area contributed by atoms with Gasteiger partial charge in [0.25, 0.3) is 5.56 Å². The van der Waals surface area contributed by atoms with Crippen LogP contribution in [0.1, 0.15) is 30.9 Å². The van der Waals surface area contributed by atoms with Crippen LogP contribution in [0.15, 0.2) is 80.9 Å². The van der Waals surface area contributed by atoms with Gasteiger partial charge in [-0.25, -0.2) is 0 Å². The molecule has 0 saturated heterocycles. The van der Waals surface area contributed by atoms with Crippen LogP contribution in [0.25, 0.3) is 0 Å². The summed E-state index contributed by atoms with van der Waals surface area (Å²) < 4.78 is 1.76. The predicted octanol–water partition coefficient (Wildman–Crippen LogP) is 5.27. The van der Waals surface area contributed by atoms with Gasteiger partial charge in [0.05, 0.1) is 5.69 Å². The molecule has 1 aliphatic carbocycles. The smallest absolute Gasteiger partial charge is 0.294 e. The van der Waals surface area contributed by atoms with E-state index in [4.69, 9.17) is 11.6 Å². The fourth-order valence-corrected chi connectivity index (χ4v) is 4.11. The van der Waals surface area contributed by atoms with Crippen molar-refractivity contribution >= 4 is 34.6 Å². The number of azo groups is 1. The number of halogens is 1. The second-order valence-electron chi connectivity index (χ2n) is 7.34. The number of ketones is 1. The number of allylic oxidation sites excluding steroid dienone is 2. The zero-order chi connectivity index (χ0) is 20.7. The van der Waals surface area contributed by atoms with E-state index < -0.39 is 0 Å². The number of carbonyl (C=O) groups is 1. The van der Waals surface area contributed by atoms with Crippen molar-refractivity contribution in [1.82, 2.24) is 9.78 Å². The van der Waals surface area contributed by atoms with Gasteiger partial charge in [0, 0.05) is 23.6 Å². The number of H-pyrrole nitrogens is 1. The number of carbonyl (C=O) groups excluding carboxylic acids is 1. The third kappa shape index (κ3) is 3.27. The van der Waals surface area contributed by atoms with Gasteiger partial charge in [-0.3, -0.25) is 19.4 Å². The number of nitrogens with one attached hydrogen (secondary N) is 2. The molecular weight excluding hydrogens is 402 g/mol. The average molecular weight is 420 g/mol. The summed E-state index contributed by atoms with van der Waals surface area (Å²) in [5.74, 6) is 0.761. The molecule has 2 aromatic carbocycles. The van der Waals surface area contributed by atoms with Crippen LogP contribution in [0, 0.1) is 0 Å². The molecule has 150 valence electrons. The van der Waals surface area contributed by atoms with E-state index in [0.717, 1.165) is 16.8 Å². The molecule has 7 nitrogen and oxygen atoms in total. The number of hydrogen-bond acceptors (Lipinski definition) is 5. The van der Waals surface area contributed by atoms with Crippen molar-refractivity contribution in [1.29, 1.82) is 0 Å². The predicted molar refractivity (Wildman–Crippen MR) is 115 cm³/mol. The van der Waals surface area contributed by atoms with E-state index in [2.05, 4.69) is 20.6 Å². The van der Waals surface area contributed by atoms with Crippen molar-refractivity contribution in [2.24, 2.45) is 10.2 Å².